The van der Waals surface area contributed by atoms with Gasteiger partial charge in [0.15, 0.2) is 17.5 Å². The topological polar surface area (TPSA) is 77.0 Å². The van der Waals surface area contributed by atoms with Crippen molar-refractivity contribution in [3.63, 3.8) is 0 Å². The molecule has 0 unspecified atom stereocenters. The highest BCUT2D eigenvalue weighted by Crippen LogP contribution is 2.24. The van der Waals surface area contributed by atoms with Gasteiger partial charge in [-0.25, -0.2) is 17.9 Å². The average Bonchev–Trinajstić information content (AvgIpc) is 3.35. The van der Waals surface area contributed by atoms with E-state index in [4.69, 9.17) is 4.52 Å². The van der Waals surface area contributed by atoms with Crippen LogP contribution in [-0.4, -0.2) is 33.0 Å². The van der Waals surface area contributed by atoms with E-state index in [0.29, 0.717) is 11.8 Å². The first-order valence-corrected chi connectivity index (χ1v) is 10.9. The van der Waals surface area contributed by atoms with Crippen LogP contribution in [0, 0.1) is 17.5 Å². The molecule has 0 saturated carbocycles. The van der Waals surface area contributed by atoms with Gasteiger partial charge in [-0.15, -0.1) is 0 Å². The van der Waals surface area contributed by atoms with Gasteiger partial charge in [0.2, 0.25) is 5.82 Å². The molecule has 0 aliphatic carbocycles. The standard InChI is InChI=1S/C24H20F3N5O2/c25-18-12-17(13-19(26)22(18)27)20-7-8-21(33)32(29-20)14-15-5-4-6-16(11-15)23-28-24(34-30-23)31-9-2-1-3-10-31/h4-8,11-13H,1-3,9-10,14H2. The summed E-state index contributed by atoms with van der Waals surface area (Å²) in [5.41, 5.74) is 1.22. The molecule has 3 heterocycles. The summed E-state index contributed by atoms with van der Waals surface area (Å²) in [5, 5.41) is 8.30. The smallest absolute Gasteiger partial charge is 0.324 e. The summed E-state index contributed by atoms with van der Waals surface area (Å²) in [6.07, 6.45) is 3.37. The number of anilines is 1. The molecule has 2 aromatic heterocycles. The molecule has 0 bridgehead atoms. The molecule has 174 valence electrons. The summed E-state index contributed by atoms with van der Waals surface area (Å²) in [4.78, 5) is 19.0. The van der Waals surface area contributed by atoms with Crippen LogP contribution in [-0.2, 0) is 6.54 Å². The van der Waals surface area contributed by atoms with Gasteiger partial charge in [-0.3, -0.25) is 4.79 Å². The SMILES string of the molecule is O=c1ccc(-c2cc(F)c(F)c(F)c2)nn1Cc1cccc(-c2noc(N3CCCCC3)n2)c1. The van der Waals surface area contributed by atoms with Gasteiger partial charge in [0.1, 0.15) is 0 Å². The molecule has 1 saturated heterocycles. The van der Waals surface area contributed by atoms with Crippen LogP contribution in [0.25, 0.3) is 22.6 Å². The van der Waals surface area contributed by atoms with E-state index >= 15 is 0 Å². The molecule has 0 radical (unpaired) electrons. The molecular weight excluding hydrogens is 447 g/mol. The number of halogens is 3. The zero-order valence-corrected chi connectivity index (χ0v) is 18.0. The molecule has 1 aliphatic rings. The van der Waals surface area contributed by atoms with Gasteiger partial charge in [0, 0.05) is 30.3 Å². The van der Waals surface area contributed by atoms with E-state index in [0.717, 1.165) is 49.2 Å². The van der Waals surface area contributed by atoms with E-state index in [-0.39, 0.29) is 17.8 Å². The fourth-order valence-corrected chi connectivity index (χ4v) is 3.95. The Bertz CT molecular complexity index is 1370. The third-order valence-electron chi connectivity index (χ3n) is 5.71. The van der Waals surface area contributed by atoms with E-state index < -0.39 is 23.0 Å². The van der Waals surface area contributed by atoms with Crippen molar-refractivity contribution in [3.8, 4) is 22.6 Å². The van der Waals surface area contributed by atoms with Crippen LogP contribution in [0.5, 0.6) is 0 Å². The van der Waals surface area contributed by atoms with Gasteiger partial charge in [-0.1, -0.05) is 23.4 Å². The van der Waals surface area contributed by atoms with E-state index in [1.54, 1.807) is 6.07 Å². The van der Waals surface area contributed by atoms with E-state index in [2.05, 4.69) is 20.1 Å². The summed E-state index contributed by atoms with van der Waals surface area (Å²) in [7, 11) is 0. The molecule has 5 rings (SSSR count). The van der Waals surface area contributed by atoms with Crippen LogP contribution in [0.3, 0.4) is 0 Å². The third-order valence-corrected chi connectivity index (χ3v) is 5.71. The number of nitrogens with zero attached hydrogens (tertiary/aromatic N) is 5. The average molecular weight is 467 g/mol. The summed E-state index contributed by atoms with van der Waals surface area (Å²) in [5.74, 6) is -3.77. The van der Waals surface area contributed by atoms with Crippen molar-refractivity contribution in [1.82, 2.24) is 19.9 Å². The Kier molecular flexibility index (Phi) is 5.87. The maximum absolute atomic E-state index is 13.6. The number of piperidine rings is 1. The maximum Gasteiger partial charge on any atom is 0.324 e. The summed E-state index contributed by atoms with van der Waals surface area (Å²) in [6, 6.07) is 12.0. The zero-order chi connectivity index (χ0) is 23.7. The summed E-state index contributed by atoms with van der Waals surface area (Å²) >= 11 is 0. The first kappa shape index (κ1) is 21.9. The predicted molar refractivity (Wildman–Crippen MR) is 119 cm³/mol. The summed E-state index contributed by atoms with van der Waals surface area (Å²) in [6.45, 7) is 1.87. The second-order valence-electron chi connectivity index (χ2n) is 8.12. The number of aromatic nitrogens is 4. The Balaban J connectivity index is 1.40. The Labute approximate surface area is 192 Å². The van der Waals surface area contributed by atoms with Crippen molar-refractivity contribution in [2.75, 3.05) is 18.0 Å². The van der Waals surface area contributed by atoms with Crippen LogP contribution in [0.15, 0.2) is 57.8 Å². The second kappa shape index (κ2) is 9.12. The molecule has 2 aromatic carbocycles. The van der Waals surface area contributed by atoms with Gasteiger partial charge in [0.05, 0.1) is 12.2 Å². The predicted octanol–water partition coefficient (Wildman–Crippen LogP) is 4.42. The van der Waals surface area contributed by atoms with Crippen molar-refractivity contribution in [1.29, 1.82) is 0 Å². The second-order valence-corrected chi connectivity index (χ2v) is 8.12. The number of rotatable bonds is 5. The molecule has 34 heavy (non-hydrogen) atoms. The van der Waals surface area contributed by atoms with E-state index in [1.165, 1.54) is 23.2 Å². The number of hydrogen-bond acceptors (Lipinski definition) is 6. The normalized spacial score (nSPS) is 13.9. The van der Waals surface area contributed by atoms with Gasteiger partial charge in [-0.2, -0.15) is 10.1 Å². The highest BCUT2D eigenvalue weighted by molar-refractivity contribution is 5.59. The molecule has 7 nitrogen and oxygen atoms in total. The first-order chi connectivity index (χ1) is 16.5. The molecule has 0 amide bonds. The Morgan fingerprint density at radius 3 is 2.44 bits per heavy atom. The number of hydrogen-bond donors (Lipinski definition) is 0. The van der Waals surface area contributed by atoms with Gasteiger partial charge >= 0.3 is 6.01 Å². The highest BCUT2D eigenvalue weighted by Gasteiger charge is 2.18. The van der Waals surface area contributed by atoms with Crippen LogP contribution in [0.2, 0.25) is 0 Å². The van der Waals surface area contributed by atoms with Gasteiger partial charge in [-0.05, 0) is 49.1 Å². The quantitative estimate of drug-likeness (QED) is 0.405. The molecule has 0 atom stereocenters. The highest BCUT2D eigenvalue weighted by atomic mass is 19.2. The minimum atomic E-state index is -1.56. The van der Waals surface area contributed by atoms with Crippen LogP contribution in [0.4, 0.5) is 19.2 Å². The molecule has 0 N–H and O–H groups in total. The van der Waals surface area contributed by atoms with Gasteiger partial charge < -0.3 is 9.42 Å². The third kappa shape index (κ3) is 4.43. The lowest BCUT2D eigenvalue weighted by atomic mass is 10.1. The first-order valence-electron chi connectivity index (χ1n) is 10.9. The minimum Gasteiger partial charge on any atom is -0.324 e. The molecule has 1 fully saturated rings. The molecule has 0 spiro atoms. The minimum absolute atomic E-state index is 0.0240. The van der Waals surface area contributed by atoms with Crippen LogP contribution in [0.1, 0.15) is 24.8 Å². The lowest BCUT2D eigenvalue weighted by molar-refractivity contribution is 0.403. The fourth-order valence-electron chi connectivity index (χ4n) is 3.95. The van der Waals surface area contributed by atoms with Crippen molar-refractivity contribution < 1.29 is 17.7 Å². The van der Waals surface area contributed by atoms with Crippen molar-refractivity contribution in [3.05, 3.63) is 81.9 Å². The largest absolute Gasteiger partial charge is 0.324 e. The van der Waals surface area contributed by atoms with E-state index in [9.17, 15) is 18.0 Å². The lowest BCUT2D eigenvalue weighted by Crippen LogP contribution is -2.29. The Morgan fingerprint density at radius 2 is 1.68 bits per heavy atom. The zero-order valence-electron chi connectivity index (χ0n) is 18.0. The van der Waals surface area contributed by atoms with Crippen molar-refractivity contribution in [2.45, 2.75) is 25.8 Å². The van der Waals surface area contributed by atoms with Crippen molar-refractivity contribution in [2.24, 2.45) is 0 Å². The van der Waals surface area contributed by atoms with E-state index in [1.807, 2.05) is 18.2 Å². The van der Waals surface area contributed by atoms with Crippen LogP contribution >= 0.6 is 0 Å². The lowest BCUT2D eigenvalue weighted by Gasteiger charge is -2.23. The summed E-state index contributed by atoms with van der Waals surface area (Å²) < 4.78 is 47.2. The van der Waals surface area contributed by atoms with Gasteiger partial charge in [0.25, 0.3) is 5.56 Å². The fraction of sp³-hybridized carbons (Fsp3) is 0.250. The Hall–Kier alpha value is -3.95. The Morgan fingerprint density at radius 1 is 0.912 bits per heavy atom. The molecule has 1 aliphatic heterocycles. The molecular formula is C24H20F3N5O2. The van der Waals surface area contributed by atoms with Crippen molar-refractivity contribution >= 4 is 6.01 Å². The number of benzene rings is 2. The van der Waals surface area contributed by atoms with Crippen LogP contribution < -0.4 is 10.5 Å². The monoisotopic (exact) mass is 467 g/mol. The molecule has 4 aromatic rings. The molecule has 10 heteroatoms. The maximum atomic E-state index is 13.6.